The van der Waals surface area contributed by atoms with Gasteiger partial charge in [0.1, 0.15) is 6.04 Å². The van der Waals surface area contributed by atoms with Gasteiger partial charge in [-0.05, 0) is 74.0 Å². The molecule has 2 aromatic rings. The Morgan fingerprint density at radius 1 is 0.909 bits per heavy atom. The van der Waals surface area contributed by atoms with Gasteiger partial charge in [-0.25, -0.2) is 8.78 Å². The van der Waals surface area contributed by atoms with Crippen LogP contribution in [0.3, 0.4) is 0 Å². The van der Waals surface area contributed by atoms with Crippen LogP contribution in [0.1, 0.15) is 56.1 Å². The summed E-state index contributed by atoms with van der Waals surface area (Å²) in [5.74, 6) is 1.48. The summed E-state index contributed by atoms with van der Waals surface area (Å²) in [5, 5.41) is 5.83. The average Bonchev–Trinajstić information content (AvgIpc) is 2.78. The third kappa shape index (κ3) is 4.66. The predicted molar refractivity (Wildman–Crippen MR) is 123 cm³/mol. The Morgan fingerprint density at radius 3 is 2.15 bits per heavy atom. The summed E-state index contributed by atoms with van der Waals surface area (Å²) < 4.78 is 26.2. The summed E-state index contributed by atoms with van der Waals surface area (Å²) in [6, 6.07) is 14.5. The lowest BCUT2D eigenvalue weighted by atomic mass is 9.49. The highest BCUT2D eigenvalue weighted by atomic mass is 19.3. The molecule has 4 fully saturated rings. The van der Waals surface area contributed by atoms with Crippen molar-refractivity contribution in [2.24, 2.45) is 23.2 Å². The number of hydrogen-bond acceptors (Lipinski definition) is 2. The van der Waals surface area contributed by atoms with E-state index in [2.05, 4.69) is 10.6 Å². The molecular formula is C27H30F2N2O2. The van der Waals surface area contributed by atoms with Gasteiger partial charge < -0.3 is 10.6 Å². The zero-order chi connectivity index (χ0) is 23.0. The van der Waals surface area contributed by atoms with Gasteiger partial charge in [-0.1, -0.05) is 42.5 Å². The summed E-state index contributed by atoms with van der Waals surface area (Å²) in [6.07, 6.45) is 4.20. The predicted octanol–water partition coefficient (Wildman–Crippen LogP) is 5.51. The van der Waals surface area contributed by atoms with Crippen LogP contribution in [-0.2, 0) is 16.0 Å². The lowest BCUT2D eigenvalue weighted by Gasteiger charge is -2.55. The Morgan fingerprint density at radius 2 is 1.55 bits per heavy atom. The molecule has 4 saturated carbocycles. The molecule has 0 aromatic heterocycles. The maximum Gasteiger partial charge on any atom is 0.263 e. The van der Waals surface area contributed by atoms with E-state index in [-0.39, 0.29) is 22.8 Å². The Kier molecular flexibility index (Phi) is 5.94. The first kappa shape index (κ1) is 22.1. The Balaban J connectivity index is 1.35. The number of amides is 2. The van der Waals surface area contributed by atoms with E-state index < -0.39 is 12.5 Å². The van der Waals surface area contributed by atoms with Crippen molar-refractivity contribution in [1.29, 1.82) is 0 Å². The molecule has 0 radical (unpaired) electrons. The number of hydrogen-bond donors (Lipinski definition) is 2. The van der Waals surface area contributed by atoms with Gasteiger partial charge in [0.15, 0.2) is 0 Å². The summed E-state index contributed by atoms with van der Waals surface area (Å²) in [5.41, 5.74) is 0.731. The van der Waals surface area contributed by atoms with Gasteiger partial charge >= 0.3 is 0 Å². The monoisotopic (exact) mass is 452 g/mol. The summed E-state index contributed by atoms with van der Waals surface area (Å²) >= 11 is 0. The molecule has 4 aliphatic rings. The van der Waals surface area contributed by atoms with E-state index >= 15 is 0 Å². The number of halogens is 2. The summed E-state index contributed by atoms with van der Waals surface area (Å²) in [6.45, 7) is 0. The normalized spacial score (nSPS) is 28.5. The van der Waals surface area contributed by atoms with Crippen LogP contribution in [0.4, 0.5) is 14.5 Å². The molecule has 4 aliphatic carbocycles. The second-order valence-corrected chi connectivity index (χ2v) is 10.3. The number of anilines is 1. The third-order valence-corrected chi connectivity index (χ3v) is 7.83. The molecule has 0 spiro atoms. The lowest BCUT2D eigenvalue weighted by Crippen LogP contribution is -2.57. The van der Waals surface area contributed by atoms with Crippen molar-refractivity contribution in [3.8, 4) is 0 Å². The van der Waals surface area contributed by atoms with Gasteiger partial charge in [0.2, 0.25) is 11.8 Å². The highest BCUT2D eigenvalue weighted by molar-refractivity contribution is 5.98. The standard InChI is InChI=1S/C27H30F2N2O2/c28-24(29)21-7-4-8-22(13-21)30-25(32)23(12-17-5-2-1-3-6-17)31-26(33)27-14-18-9-19(15-27)11-20(10-18)16-27/h1-8,13,18-20,23-24H,9-12,14-16H2,(H,30,32)(H,31,33). The van der Waals surface area contributed by atoms with E-state index in [1.807, 2.05) is 30.3 Å². The van der Waals surface area contributed by atoms with Crippen LogP contribution in [0, 0.1) is 23.2 Å². The van der Waals surface area contributed by atoms with E-state index in [4.69, 9.17) is 0 Å². The SMILES string of the molecule is O=C(Nc1cccc(C(F)F)c1)C(Cc1ccccc1)NC(=O)C12CC3CC(CC(C3)C1)C2. The second kappa shape index (κ2) is 8.88. The first-order valence-electron chi connectivity index (χ1n) is 11.9. The van der Waals surface area contributed by atoms with Gasteiger partial charge in [-0.3, -0.25) is 9.59 Å². The second-order valence-electron chi connectivity index (χ2n) is 10.3. The molecule has 2 aromatic carbocycles. The van der Waals surface area contributed by atoms with Crippen molar-refractivity contribution in [3.05, 3.63) is 65.7 Å². The zero-order valence-corrected chi connectivity index (χ0v) is 18.6. The van der Waals surface area contributed by atoms with E-state index in [1.54, 1.807) is 6.07 Å². The van der Waals surface area contributed by atoms with Crippen LogP contribution < -0.4 is 10.6 Å². The molecule has 2 amide bonds. The number of benzene rings is 2. The maximum atomic E-state index is 13.6. The molecule has 33 heavy (non-hydrogen) atoms. The fourth-order valence-electron chi connectivity index (χ4n) is 6.74. The Hall–Kier alpha value is -2.76. The van der Waals surface area contributed by atoms with Crippen LogP contribution in [0.2, 0.25) is 0 Å². The van der Waals surface area contributed by atoms with Gasteiger partial charge in [0, 0.05) is 23.1 Å². The largest absolute Gasteiger partial charge is 0.343 e. The number of alkyl halides is 2. The molecule has 2 N–H and O–H groups in total. The van der Waals surface area contributed by atoms with Gasteiger partial charge in [0.25, 0.3) is 6.43 Å². The van der Waals surface area contributed by atoms with Crippen molar-refractivity contribution in [1.82, 2.24) is 5.32 Å². The van der Waals surface area contributed by atoms with Crippen LogP contribution in [0.5, 0.6) is 0 Å². The Labute approximate surface area is 193 Å². The van der Waals surface area contributed by atoms with E-state index in [9.17, 15) is 18.4 Å². The number of carbonyl (C=O) groups is 2. The minimum Gasteiger partial charge on any atom is -0.343 e. The molecule has 6 rings (SSSR count). The average molecular weight is 453 g/mol. The molecule has 0 saturated heterocycles. The number of carbonyl (C=O) groups excluding carboxylic acids is 2. The molecule has 4 nitrogen and oxygen atoms in total. The first-order valence-corrected chi connectivity index (χ1v) is 11.9. The van der Waals surface area contributed by atoms with E-state index in [0.717, 1.165) is 24.8 Å². The Bertz CT molecular complexity index is 989. The summed E-state index contributed by atoms with van der Waals surface area (Å²) in [7, 11) is 0. The van der Waals surface area contributed by atoms with Gasteiger partial charge in [-0.2, -0.15) is 0 Å². The van der Waals surface area contributed by atoms with Crippen molar-refractivity contribution in [2.45, 2.75) is 57.4 Å². The van der Waals surface area contributed by atoms with Crippen molar-refractivity contribution >= 4 is 17.5 Å². The van der Waals surface area contributed by atoms with Crippen LogP contribution in [0.15, 0.2) is 54.6 Å². The molecule has 4 bridgehead atoms. The highest BCUT2D eigenvalue weighted by Gasteiger charge is 2.54. The smallest absolute Gasteiger partial charge is 0.263 e. The molecule has 0 heterocycles. The topological polar surface area (TPSA) is 58.2 Å². The van der Waals surface area contributed by atoms with Crippen LogP contribution in [0.25, 0.3) is 0 Å². The molecule has 1 unspecified atom stereocenters. The van der Waals surface area contributed by atoms with Gasteiger partial charge in [0.05, 0.1) is 0 Å². The van der Waals surface area contributed by atoms with Crippen molar-refractivity contribution in [3.63, 3.8) is 0 Å². The van der Waals surface area contributed by atoms with E-state index in [0.29, 0.717) is 29.9 Å². The van der Waals surface area contributed by atoms with Crippen LogP contribution >= 0.6 is 0 Å². The quantitative estimate of drug-likeness (QED) is 0.582. The minimum atomic E-state index is -2.61. The molecule has 1 atom stereocenters. The molecule has 174 valence electrons. The lowest BCUT2D eigenvalue weighted by molar-refractivity contribution is -0.148. The highest BCUT2D eigenvalue weighted by Crippen LogP contribution is 2.60. The van der Waals surface area contributed by atoms with Crippen LogP contribution in [-0.4, -0.2) is 17.9 Å². The van der Waals surface area contributed by atoms with E-state index in [1.165, 1.54) is 37.5 Å². The number of nitrogens with one attached hydrogen (secondary N) is 2. The number of rotatable bonds is 7. The van der Waals surface area contributed by atoms with Crippen molar-refractivity contribution in [2.75, 3.05) is 5.32 Å². The van der Waals surface area contributed by atoms with Gasteiger partial charge in [-0.15, -0.1) is 0 Å². The molecule has 0 aliphatic heterocycles. The fourth-order valence-corrected chi connectivity index (χ4v) is 6.74. The zero-order valence-electron chi connectivity index (χ0n) is 18.6. The third-order valence-electron chi connectivity index (χ3n) is 7.83. The van der Waals surface area contributed by atoms with Crippen molar-refractivity contribution < 1.29 is 18.4 Å². The summed E-state index contributed by atoms with van der Waals surface area (Å²) in [4.78, 5) is 26.9. The maximum absolute atomic E-state index is 13.6. The first-order chi connectivity index (χ1) is 15.9. The fraction of sp³-hybridized carbons (Fsp3) is 0.481. The molecular weight excluding hydrogens is 422 g/mol. The minimum absolute atomic E-state index is 0.0148. The molecule has 6 heteroatoms.